The number of hydrogen-bond donors (Lipinski definition) is 1. The molecule has 3 heteroatoms. The van der Waals surface area contributed by atoms with Gasteiger partial charge in [0.2, 0.25) is 0 Å². The SMILES string of the molecule is Cc1ccccc1-c1ncc(O)cn1. The van der Waals surface area contributed by atoms with Crippen molar-refractivity contribution in [2.24, 2.45) is 0 Å². The smallest absolute Gasteiger partial charge is 0.159 e. The Balaban J connectivity index is 2.50. The zero-order valence-corrected chi connectivity index (χ0v) is 7.81. The highest BCUT2D eigenvalue weighted by molar-refractivity contribution is 5.59. The van der Waals surface area contributed by atoms with Crippen LogP contribution in [0.4, 0.5) is 0 Å². The number of aryl methyl sites for hydroxylation is 1. The van der Waals surface area contributed by atoms with Crippen molar-refractivity contribution in [3.05, 3.63) is 42.2 Å². The molecule has 1 aromatic heterocycles. The summed E-state index contributed by atoms with van der Waals surface area (Å²) in [5, 5.41) is 9.05. The summed E-state index contributed by atoms with van der Waals surface area (Å²) < 4.78 is 0. The van der Waals surface area contributed by atoms with Gasteiger partial charge in [-0.3, -0.25) is 0 Å². The van der Waals surface area contributed by atoms with Crippen molar-refractivity contribution < 1.29 is 5.11 Å². The Labute approximate surface area is 82.1 Å². The summed E-state index contributed by atoms with van der Waals surface area (Å²) in [6.07, 6.45) is 2.80. The van der Waals surface area contributed by atoms with Crippen molar-refractivity contribution in [2.75, 3.05) is 0 Å². The topological polar surface area (TPSA) is 46.0 Å². The van der Waals surface area contributed by atoms with Gasteiger partial charge in [-0.15, -0.1) is 0 Å². The van der Waals surface area contributed by atoms with E-state index in [9.17, 15) is 0 Å². The molecule has 0 radical (unpaired) electrons. The van der Waals surface area contributed by atoms with E-state index in [-0.39, 0.29) is 5.75 Å². The predicted molar refractivity (Wildman–Crippen MR) is 53.9 cm³/mol. The minimum absolute atomic E-state index is 0.0855. The highest BCUT2D eigenvalue weighted by Crippen LogP contribution is 2.19. The van der Waals surface area contributed by atoms with E-state index in [0.717, 1.165) is 11.1 Å². The lowest BCUT2D eigenvalue weighted by Crippen LogP contribution is -1.89. The first-order chi connectivity index (χ1) is 6.77. The van der Waals surface area contributed by atoms with Gasteiger partial charge in [0.25, 0.3) is 0 Å². The van der Waals surface area contributed by atoms with Gasteiger partial charge in [-0.1, -0.05) is 24.3 Å². The van der Waals surface area contributed by atoms with Crippen LogP contribution in [0, 0.1) is 6.92 Å². The van der Waals surface area contributed by atoms with Crippen molar-refractivity contribution >= 4 is 0 Å². The van der Waals surface area contributed by atoms with Gasteiger partial charge >= 0.3 is 0 Å². The van der Waals surface area contributed by atoms with Crippen LogP contribution in [0.3, 0.4) is 0 Å². The lowest BCUT2D eigenvalue weighted by molar-refractivity contribution is 0.470. The number of nitrogens with zero attached hydrogens (tertiary/aromatic N) is 2. The van der Waals surface area contributed by atoms with Crippen LogP contribution in [0.5, 0.6) is 5.75 Å². The molecule has 1 aromatic carbocycles. The van der Waals surface area contributed by atoms with E-state index in [1.54, 1.807) is 0 Å². The van der Waals surface area contributed by atoms with Crippen LogP contribution < -0.4 is 0 Å². The van der Waals surface area contributed by atoms with Crippen LogP contribution in [0.2, 0.25) is 0 Å². The minimum Gasteiger partial charge on any atom is -0.505 e. The fourth-order valence-electron chi connectivity index (χ4n) is 1.28. The van der Waals surface area contributed by atoms with Crippen LogP contribution in [-0.4, -0.2) is 15.1 Å². The van der Waals surface area contributed by atoms with Crippen LogP contribution in [-0.2, 0) is 0 Å². The molecule has 0 saturated carbocycles. The first-order valence-electron chi connectivity index (χ1n) is 4.34. The Kier molecular flexibility index (Phi) is 2.14. The monoisotopic (exact) mass is 186 g/mol. The molecule has 0 saturated heterocycles. The van der Waals surface area contributed by atoms with Crippen molar-refractivity contribution in [1.29, 1.82) is 0 Å². The number of aromatic nitrogens is 2. The second-order valence-electron chi connectivity index (χ2n) is 3.08. The maximum Gasteiger partial charge on any atom is 0.159 e. The molecule has 0 amide bonds. The highest BCUT2D eigenvalue weighted by Gasteiger charge is 2.02. The fourth-order valence-corrected chi connectivity index (χ4v) is 1.28. The molecule has 2 rings (SSSR count). The summed E-state index contributed by atoms with van der Waals surface area (Å²) in [5.74, 6) is 0.725. The van der Waals surface area contributed by atoms with E-state index in [1.165, 1.54) is 12.4 Å². The van der Waals surface area contributed by atoms with Crippen molar-refractivity contribution in [1.82, 2.24) is 9.97 Å². The van der Waals surface area contributed by atoms with Gasteiger partial charge in [-0.2, -0.15) is 0 Å². The predicted octanol–water partition coefficient (Wildman–Crippen LogP) is 2.16. The van der Waals surface area contributed by atoms with Crippen molar-refractivity contribution in [2.45, 2.75) is 6.92 Å². The minimum atomic E-state index is 0.0855. The van der Waals surface area contributed by atoms with Gasteiger partial charge in [0.15, 0.2) is 11.6 Å². The maximum atomic E-state index is 9.05. The van der Waals surface area contributed by atoms with Gasteiger partial charge in [0.1, 0.15) is 0 Å². The van der Waals surface area contributed by atoms with E-state index in [2.05, 4.69) is 9.97 Å². The Morgan fingerprint density at radius 3 is 2.36 bits per heavy atom. The average Bonchev–Trinajstić information content (AvgIpc) is 2.20. The zero-order valence-electron chi connectivity index (χ0n) is 7.81. The normalized spacial score (nSPS) is 10.1. The number of aromatic hydroxyl groups is 1. The van der Waals surface area contributed by atoms with E-state index in [1.807, 2.05) is 31.2 Å². The molecule has 1 heterocycles. The Hall–Kier alpha value is -1.90. The molecule has 70 valence electrons. The molecule has 0 aliphatic heterocycles. The summed E-state index contributed by atoms with van der Waals surface area (Å²) in [5.41, 5.74) is 2.12. The highest BCUT2D eigenvalue weighted by atomic mass is 16.3. The molecule has 14 heavy (non-hydrogen) atoms. The Bertz CT molecular complexity index is 437. The van der Waals surface area contributed by atoms with Gasteiger partial charge in [-0.25, -0.2) is 9.97 Å². The van der Waals surface area contributed by atoms with E-state index < -0.39 is 0 Å². The van der Waals surface area contributed by atoms with Crippen molar-refractivity contribution in [3.63, 3.8) is 0 Å². The molecule has 1 N–H and O–H groups in total. The lowest BCUT2D eigenvalue weighted by Gasteiger charge is -2.02. The summed E-state index contributed by atoms with van der Waals surface area (Å²) in [6, 6.07) is 7.88. The van der Waals surface area contributed by atoms with Crippen LogP contribution in [0.1, 0.15) is 5.56 Å². The van der Waals surface area contributed by atoms with E-state index in [0.29, 0.717) is 5.82 Å². The fraction of sp³-hybridized carbons (Fsp3) is 0.0909. The Morgan fingerprint density at radius 2 is 1.71 bits per heavy atom. The maximum absolute atomic E-state index is 9.05. The summed E-state index contributed by atoms with van der Waals surface area (Å²) in [7, 11) is 0. The quantitative estimate of drug-likeness (QED) is 0.742. The molecular weight excluding hydrogens is 176 g/mol. The molecule has 0 fully saturated rings. The van der Waals surface area contributed by atoms with E-state index >= 15 is 0 Å². The molecule has 0 aliphatic rings. The second kappa shape index (κ2) is 3.46. The van der Waals surface area contributed by atoms with Gasteiger partial charge in [0.05, 0.1) is 12.4 Å². The molecular formula is C11H10N2O. The van der Waals surface area contributed by atoms with Crippen molar-refractivity contribution in [3.8, 4) is 17.1 Å². The molecule has 0 aliphatic carbocycles. The molecule has 0 bridgehead atoms. The van der Waals surface area contributed by atoms with E-state index in [4.69, 9.17) is 5.11 Å². The first-order valence-corrected chi connectivity index (χ1v) is 4.34. The standard InChI is InChI=1S/C11H10N2O/c1-8-4-2-3-5-10(8)11-12-6-9(14)7-13-11/h2-7,14H,1H3. The third-order valence-corrected chi connectivity index (χ3v) is 2.02. The van der Waals surface area contributed by atoms with Crippen LogP contribution >= 0.6 is 0 Å². The first kappa shape index (κ1) is 8.69. The second-order valence-corrected chi connectivity index (χ2v) is 3.08. The van der Waals surface area contributed by atoms with Crippen LogP contribution in [0.25, 0.3) is 11.4 Å². The summed E-state index contributed by atoms with van der Waals surface area (Å²) in [4.78, 5) is 8.10. The van der Waals surface area contributed by atoms with Gasteiger partial charge < -0.3 is 5.11 Å². The van der Waals surface area contributed by atoms with Crippen LogP contribution in [0.15, 0.2) is 36.7 Å². The summed E-state index contributed by atoms with van der Waals surface area (Å²) in [6.45, 7) is 2.01. The number of hydrogen-bond acceptors (Lipinski definition) is 3. The largest absolute Gasteiger partial charge is 0.505 e. The van der Waals surface area contributed by atoms with Gasteiger partial charge in [0, 0.05) is 5.56 Å². The Morgan fingerprint density at radius 1 is 1.07 bits per heavy atom. The molecule has 0 unspecified atom stereocenters. The average molecular weight is 186 g/mol. The molecule has 2 aromatic rings. The lowest BCUT2D eigenvalue weighted by atomic mass is 10.1. The third kappa shape index (κ3) is 1.57. The third-order valence-electron chi connectivity index (χ3n) is 2.02. The summed E-state index contributed by atoms with van der Waals surface area (Å²) >= 11 is 0. The number of benzene rings is 1. The molecule has 0 atom stereocenters. The molecule has 3 nitrogen and oxygen atoms in total. The zero-order chi connectivity index (χ0) is 9.97. The van der Waals surface area contributed by atoms with Gasteiger partial charge in [-0.05, 0) is 12.5 Å². The number of rotatable bonds is 1. The molecule has 0 spiro atoms.